The van der Waals surface area contributed by atoms with Gasteiger partial charge < -0.3 is 15.6 Å². The maximum atomic E-state index is 8.99. The maximum Gasteiger partial charge on any atom is 0.242 e. The molecule has 0 amide bonds. The van der Waals surface area contributed by atoms with Gasteiger partial charge in [0.05, 0.1) is 12.3 Å². The number of aromatic nitrogens is 1. The lowest BCUT2D eigenvalue weighted by atomic mass is 10.2. The lowest BCUT2D eigenvalue weighted by Gasteiger charge is -2.07. The van der Waals surface area contributed by atoms with Gasteiger partial charge in [0, 0.05) is 6.20 Å². The molecule has 0 spiro atoms. The third-order valence-electron chi connectivity index (χ3n) is 2.10. The average Bonchev–Trinajstić information content (AvgIpc) is 2.32. The van der Waals surface area contributed by atoms with Gasteiger partial charge in [0.2, 0.25) is 5.88 Å². The quantitative estimate of drug-likeness (QED) is 0.822. The second kappa shape index (κ2) is 4.63. The minimum Gasteiger partial charge on any atom is -0.437 e. The van der Waals surface area contributed by atoms with Gasteiger partial charge in [0.25, 0.3) is 0 Å². The van der Waals surface area contributed by atoms with Crippen LogP contribution in [-0.4, -0.2) is 10.1 Å². The third kappa shape index (κ3) is 2.29. The predicted molar refractivity (Wildman–Crippen MR) is 61.1 cm³/mol. The van der Waals surface area contributed by atoms with E-state index in [4.69, 9.17) is 15.6 Å². The minimum absolute atomic E-state index is 0.0189. The Morgan fingerprint density at radius 1 is 1.25 bits per heavy atom. The molecule has 0 aliphatic heterocycles. The highest BCUT2D eigenvalue weighted by atomic mass is 16.5. The standard InChI is InChI=1S/C12H12N2O2/c13-11-5-2-6-14-12(11)16-10-4-1-3-9(7-10)8-15/h1-7,15H,8,13H2. The first-order valence-corrected chi connectivity index (χ1v) is 4.88. The normalized spacial score (nSPS) is 10.1. The van der Waals surface area contributed by atoms with E-state index in [0.717, 1.165) is 5.56 Å². The van der Waals surface area contributed by atoms with E-state index < -0.39 is 0 Å². The van der Waals surface area contributed by atoms with Gasteiger partial charge in [-0.05, 0) is 29.8 Å². The molecule has 16 heavy (non-hydrogen) atoms. The van der Waals surface area contributed by atoms with Gasteiger partial charge in [0.1, 0.15) is 5.75 Å². The summed E-state index contributed by atoms with van der Waals surface area (Å²) >= 11 is 0. The number of anilines is 1. The zero-order valence-corrected chi connectivity index (χ0v) is 8.63. The summed E-state index contributed by atoms with van der Waals surface area (Å²) in [6.07, 6.45) is 1.61. The Morgan fingerprint density at radius 3 is 2.88 bits per heavy atom. The molecule has 0 atom stereocenters. The lowest BCUT2D eigenvalue weighted by Crippen LogP contribution is -1.94. The Hall–Kier alpha value is -2.07. The van der Waals surface area contributed by atoms with Crippen LogP contribution < -0.4 is 10.5 Å². The number of rotatable bonds is 3. The number of hydrogen-bond acceptors (Lipinski definition) is 4. The smallest absolute Gasteiger partial charge is 0.242 e. The number of ether oxygens (including phenoxy) is 1. The first-order valence-electron chi connectivity index (χ1n) is 4.88. The number of aliphatic hydroxyl groups excluding tert-OH is 1. The molecule has 1 aromatic carbocycles. The molecule has 0 saturated heterocycles. The molecule has 4 heteroatoms. The van der Waals surface area contributed by atoms with Gasteiger partial charge in [-0.15, -0.1) is 0 Å². The van der Waals surface area contributed by atoms with Crippen molar-refractivity contribution in [3.63, 3.8) is 0 Å². The molecule has 1 heterocycles. The van der Waals surface area contributed by atoms with E-state index in [2.05, 4.69) is 4.98 Å². The second-order valence-electron chi connectivity index (χ2n) is 3.31. The summed E-state index contributed by atoms with van der Waals surface area (Å²) in [6.45, 7) is -0.0189. The number of pyridine rings is 1. The maximum absolute atomic E-state index is 8.99. The number of nitrogens with zero attached hydrogens (tertiary/aromatic N) is 1. The molecule has 0 fully saturated rings. The van der Waals surface area contributed by atoms with Crippen LogP contribution in [0.3, 0.4) is 0 Å². The molecule has 1 aromatic heterocycles. The van der Waals surface area contributed by atoms with Crippen molar-refractivity contribution in [1.82, 2.24) is 4.98 Å². The fraction of sp³-hybridized carbons (Fsp3) is 0.0833. The molecule has 2 aromatic rings. The fourth-order valence-corrected chi connectivity index (χ4v) is 1.31. The largest absolute Gasteiger partial charge is 0.437 e. The van der Waals surface area contributed by atoms with Crippen LogP contribution in [0.1, 0.15) is 5.56 Å². The van der Waals surface area contributed by atoms with Crippen molar-refractivity contribution in [2.24, 2.45) is 0 Å². The fourth-order valence-electron chi connectivity index (χ4n) is 1.31. The number of benzene rings is 1. The van der Waals surface area contributed by atoms with Crippen molar-refractivity contribution >= 4 is 5.69 Å². The van der Waals surface area contributed by atoms with Crippen LogP contribution >= 0.6 is 0 Å². The molecule has 0 radical (unpaired) electrons. The van der Waals surface area contributed by atoms with Crippen molar-refractivity contribution in [2.45, 2.75) is 6.61 Å². The number of aliphatic hydroxyl groups is 1. The van der Waals surface area contributed by atoms with Gasteiger partial charge in [-0.25, -0.2) is 4.98 Å². The number of nitrogen functional groups attached to an aromatic ring is 1. The molecular weight excluding hydrogens is 204 g/mol. The molecule has 0 bridgehead atoms. The van der Waals surface area contributed by atoms with Crippen LogP contribution in [0.4, 0.5) is 5.69 Å². The van der Waals surface area contributed by atoms with Crippen LogP contribution in [0.15, 0.2) is 42.6 Å². The molecule has 3 N–H and O–H groups in total. The van der Waals surface area contributed by atoms with Gasteiger partial charge in [-0.3, -0.25) is 0 Å². The Labute approximate surface area is 93.3 Å². The second-order valence-corrected chi connectivity index (χ2v) is 3.31. The van der Waals surface area contributed by atoms with Crippen LogP contribution in [0, 0.1) is 0 Å². The number of hydrogen-bond donors (Lipinski definition) is 2. The zero-order chi connectivity index (χ0) is 11.4. The molecular formula is C12H12N2O2. The summed E-state index contributed by atoms with van der Waals surface area (Å²) in [4.78, 5) is 4.02. The van der Waals surface area contributed by atoms with E-state index in [0.29, 0.717) is 17.3 Å². The highest BCUT2D eigenvalue weighted by molar-refractivity contribution is 5.49. The van der Waals surface area contributed by atoms with Crippen molar-refractivity contribution in [1.29, 1.82) is 0 Å². The first-order chi connectivity index (χ1) is 7.79. The molecule has 4 nitrogen and oxygen atoms in total. The SMILES string of the molecule is Nc1cccnc1Oc1cccc(CO)c1. The highest BCUT2D eigenvalue weighted by Gasteiger charge is 2.02. The lowest BCUT2D eigenvalue weighted by molar-refractivity contribution is 0.281. The van der Waals surface area contributed by atoms with Gasteiger partial charge in [0.15, 0.2) is 0 Å². The van der Waals surface area contributed by atoms with Crippen molar-refractivity contribution in [3.8, 4) is 11.6 Å². The third-order valence-corrected chi connectivity index (χ3v) is 2.10. The van der Waals surface area contributed by atoms with Crippen LogP contribution in [0.2, 0.25) is 0 Å². The molecule has 2 rings (SSSR count). The van der Waals surface area contributed by atoms with Gasteiger partial charge in [-0.1, -0.05) is 12.1 Å². The Bertz CT molecular complexity index is 486. The van der Waals surface area contributed by atoms with Gasteiger partial charge >= 0.3 is 0 Å². The van der Waals surface area contributed by atoms with E-state index in [1.54, 1.807) is 36.5 Å². The summed E-state index contributed by atoms with van der Waals surface area (Å²) in [5.41, 5.74) is 6.97. The molecule has 0 unspecified atom stereocenters. The minimum atomic E-state index is -0.0189. The van der Waals surface area contributed by atoms with E-state index in [1.807, 2.05) is 6.07 Å². The Kier molecular flexibility index (Phi) is 3.03. The van der Waals surface area contributed by atoms with Gasteiger partial charge in [-0.2, -0.15) is 0 Å². The summed E-state index contributed by atoms with van der Waals surface area (Å²) in [6, 6.07) is 10.6. The predicted octanol–water partition coefficient (Wildman–Crippen LogP) is 1.95. The van der Waals surface area contributed by atoms with E-state index in [1.165, 1.54) is 0 Å². The number of nitrogens with two attached hydrogens (primary N) is 1. The van der Waals surface area contributed by atoms with Crippen LogP contribution in [0.5, 0.6) is 11.6 Å². The molecule has 0 aliphatic rings. The van der Waals surface area contributed by atoms with Crippen molar-refractivity contribution in [3.05, 3.63) is 48.2 Å². The van der Waals surface area contributed by atoms with Crippen LogP contribution in [0.25, 0.3) is 0 Å². The monoisotopic (exact) mass is 216 g/mol. The van der Waals surface area contributed by atoms with Crippen molar-refractivity contribution in [2.75, 3.05) is 5.73 Å². The summed E-state index contributed by atoms with van der Waals surface area (Å²) in [5, 5.41) is 8.99. The summed E-state index contributed by atoms with van der Waals surface area (Å²) < 4.78 is 5.50. The average molecular weight is 216 g/mol. The molecule has 82 valence electrons. The summed E-state index contributed by atoms with van der Waals surface area (Å²) in [7, 11) is 0. The topological polar surface area (TPSA) is 68.4 Å². The molecule has 0 saturated carbocycles. The Morgan fingerprint density at radius 2 is 2.12 bits per heavy atom. The van der Waals surface area contributed by atoms with E-state index in [-0.39, 0.29) is 6.61 Å². The first kappa shape index (κ1) is 10.4. The van der Waals surface area contributed by atoms with Crippen LogP contribution in [-0.2, 0) is 6.61 Å². The van der Waals surface area contributed by atoms with E-state index >= 15 is 0 Å². The van der Waals surface area contributed by atoms with Crippen molar-refractivity contribution < 1.29 is 9.84 Å². The zero-order valence-electron chi connectivity index (χ0n) is 8.63. The summed E-state index contributed by atoms with van der Waals surface area (Å²) in [5.74, 6) is 0.981. The van der Waals surface area contributed by atoms with E-state index in [9.17, 15) is 0 Å². The highest BCUT2D eigenvalue weighted by Crippen LogP contribution is 2.24. The molecule has 0 aliphatic carbocycles. The Balaban J connectivity index is 2.24.